The fourth-order valence-corrected chi connectivity index (χ4v) is 3.31. The molecule has 31 heavy (non-hydrogen) atoms. The third-order valence-electron chi connectivity index (χ3n) is 5.25. The topological polar surface area (TPSA) is 85.2 Å². The zero-order valence-corrected chi connectivity index (χ0v) is 19.4. The van der Waals surface area contributed by atoms with Crippen LogP contribution in [0.15, 0.2) is 42.7 Å². The van der Waals surface area contributed by atoms with Gasteiger partial charge in [0.25, 0.3) is 0 Å². The number of imidazole rings is 1. The number of ketones is 1. The van der Waals surface area contributed by atoms with E-state index in [1.54, 1.807) is 24.0 Å². The number of nitrogens with one attached hydrogen (secondary N) is 2. The van der Waals surface area contributed by atoms with Crippen LogP contribution in [0.5, 0.6) is 0 Å². The van der Waals surface area contributed by atoms with Gasteiger partial charge in [-0.05, 0) is 17.4 Å². The molecule has 0 aliphatic heterocycles. The first kappa shape index (κ1) is 24.8. The van der Waals surface area contributed by atoms with E-state index in [2.05, 4.69) is 22.7 Å². The average molecular weight is 429 g/mol. The van der Waals surface area contributed by atoms with Crippen molar-refractivity contribution in [3.63, 3.8) is 0 Å². The van der Waals surface area contributed by atoms with Gasteiger partial charge in [-0.15, -0.1) is 0 Å². The van der Waals surface area contributed by atoms with E-state index < -0.39 is 11.5 Å². The molecule has 1 heterocycles. The molecule has 1 aromatic heterocycles. The van der Waals surface area contributed by atoms with Crippen molar-refractivity contribution in [3.05, 3.63) is 54.1 Å². The van der Waals surface area contributed by atoms with Gasteiger partial charge in [-0.3, -0.25) is 14.4 Å². The molecule has 170 valence electrons. The van der Waals surface area contributed by atoms with Crippen molar-refractivity contribution >= 4 is 11.7 Å². The summed E-state index contributed by atoms with van der Waals surface area (Å²) >= 11 is 0. The summed E-state index contributed by atoms with van der Waals surface area (Å²) in [5.74, 6) is -0.285. The van der Waals surface area contributed by atoms with Crippen LogP contribution < -0.4 is 10.8 Å². The molecule has 0 radical (unpaired) electrons. The Kier molecular flexibility index (Phi) is 9.40. The number of amides is 1. The summed E-state index contributed by atoms with van der Waals surface area (Å²) in [5, 5.41) is 3.00. The minimum absolute atomic E-state index is 0.147. The van der Waals surface area contributed by atoms with Crippen molar-refractivity contribution in [1.29, 1.82) is 0 Å². The highest BCUT2D eigenvalue weighted by molar-refractivity contribution is 6.00. The average Bonchev–Trinajstić information content (AvgIpc) is 3.16. The number of nitrogens with zero attached hydrogens (tertiary/aromatic N) is 2. The second-order valence-electron chi connectivity index (χ2n) is 9.00. The standard InChI is InChI=1S/C24H36N4O3/c1-6-7-13-19(16-26-31-17-18-11-9-8-10-12-18)23(30)27-21(24(2,3)4)20(29)22-25-14-15-28(22)5/h8-12,14-15,19,21,26H,6-7,13,16-17H2,1-5H3,(H,27,30). The lowest BCUT2D eigenvalue weighted by atomic mass is 9.83. The summed E-state index contributed by atoms with van der Waals surface area (Å²) in [7, 11) is 1.78. The number of hydrogen-bond donors (Lipinski definition) is 2. The van der Waals surface area contributed by atoms with Crippen LogP contribution in [0.25, 0.3) is 0 Å². The molecule has 2 N–H and O–H groups in total. The van der Waals surface area contributed by atoms with E-state index in [1.165, 1.54) is 0 Å². The highest BCUT2D eigenvalue weighted by atomic mass is 16.6. The van der Waals surface area contributed by atoms with Crippen LogP contribution in [0.4, 0.5) is 0 Å². The molecule has 1 amide bonds. The largest absolute Gasteiger partial charge is 0.345 e. The van der Waals surface area contributed by atoms with Crippen molar-refractivity contribution in [1.82, 2.24) is 20.3 Å². The van der Waals surface area contributed by atoms with Gasteiger partial charge in [-0.25, -0.2) is 10.5 Å². The second kappa shape index (κ2) is 11.8. The van der Waals surface area contributed by atoms with Gasteiger partial charge < -0.3 is 9.88 Å². The molecule has 2 atom stereocenters. The monoisotopic (exact) mass is 428 g/mol. The molecule has 2 unspecified atom stereocenters. The molecule has 0 fully saturated rings. The number of benzene rings is 1. The molecule has 1 aromatic carbocycles. The lowest BCUT2D eigenvalue weighted by Crippen LogP contribution is -2.52. The van der Waals surface area contributed by atoms with Crippen molar-refractivity contribution in [3.8, 4) is 0 Å². The summed E-state index contributed by atoms with van der Waals surface area (Å²) in [6, 6.07) is 9.18. The number of carbonyl (C=O) groups is 2. The Hall–Kier alpha value is -2.51. The van der Waals surface area contributed by atoms with Gasteiger partial charge in [-0.2, -0.15) is 0 Å². The van der Waals surface area contributed by atoms with Crippen LogP contribution in [-0.2, 0) is 23.3 Å². The predicted molar refractivity (Wildman–Crippen MR) is 121 cm³/mol. The molecule has 2 rings (SSSR count). The van der Waals surface area contributed by atoms with Gasteiger partial charge in [-0.1, -0.05) is 70.9 Å². The summed E-state index contributed by atoms with van der Waals surface area (Å²) < 4.78 is 1.68. The van der Waals surface area contributed by atoms with E-state index in [9.17, 15) is 9.59 Å². The number of aromatic nitrogens is 2. The van der Waals surface area contributed by atoms with E-state index in [4.69, 9.17) is 4.84 Å². The van der Waals surface area contributed by atoms with Gasteiger partial charge in [0.2, 0.25) is 11.7 Å². The van der Waals surface area contributed by atoms with E-state index >= 15 is 0 Å². The van der Waals surface area contributed by atoms with Gasteiger partial charge in [0.05, 0.1) is 12.5 Å². The maximum atomic E-state index is 13.1. The normalized spacial score (nSPS) is 13.6. The predicted octanol–water partition coefficient (Wildman–Crippen LogP) is 3.66. The number of hydroxylamine groups is 1. The van der Waals surface area contributed by atoms with Crippen LogP contribution in [-0.4, -0.2) is 33.8 Å². The summed E-state index contributed by atoms with van der Waals surface area (Å²) in [6.45, 7) is 8.73. The van der Waals surface area contributed by atoms with Crippen molar-refractivity contribution < 1.29 is 14.4 Å². The number of Topliss-reactive ketones (excluding diaryl/α,β-unsaturated/α-hetero) is 1. The maximum absolute atomic E-state index is 13.1. The Bertz CT molecular complexity index is 827. The number of carbonyl (C=O) groups excluding carboxylic acids is 2. The molecule has 2 aromatic rings. The van der Waals surface area contributed by atoms with Gasteiger partial charge in [0.15, 0.2) is 5.82 Å². The minimum Gasteiger partial charge on any atom is -0.345 e. The van der Waals surface area contributed by atoms with Crippen molar-refractivity contribution in [2.24, 2.45) is 18.4 Å². The van der Waals surface area contributed by atoms with Gasteiger partial charge >= 0.3 is 0 Å². The van der Waals surface area contributed by atoms with E-state index in [0.29, 0.717) is 19.0 Å². The van der Waals surface area contributed by atoms with Crippen LogP contribution in [0, 0.1) is 11.3 Å². The molecule has 7 nitrogen and oxygen atoms in total. The van der Waals surface area contributed by atoms with Crippen LogP contribution in [0.2, 0.25) is 0 Å². The van der Waals surface area contributed by atoms with E-state index in [1.807, 2.05) is 51.1 Å². The van der Waals surface area contributed by atoms with Crippen molar-refractivity contribution in [2.45, 2.75) is 59.6 Å². The smallest absolute Gasteiger partial charge is 0.225 e. The fraction of sp³-hybridized carbons (Fsp3) is 0.542. The fourth-order valence-electron chi connectivity index (χ4n) is 3.31. The molecular weight excluding hydrogens is 392 g/mol. The molecule has 0 saturated carbocycles. The third-order valence-corrected chi connectivity index (χ3v) is 5.25. The zero-order valence-electron chi connectivity index (χ0n) is 19.4. The number of unbranched alkanes of at least 4 members (excludes halogenated alkanes) is 1. The summed E-state index contributed by atoms with van der Waals surface area (Å²) in [6.07, 6.45) is 5.95. The Morgan fingerprint density at radius 3 is 2.48 bits per heavy atom. The Morgan fingerprint density at radius 2 is 1.90 bits per heavy atom. The highest BCUT2D eigenvalue weighted by Crippen LogP contribution is 2.23. The van der Waals surface area contributed by atoms with Crippen LogP contribution in [0.1, 0.15) is 63.1 Å². The number of hydrogen-bond acceptors (Lipinski definition) is 5. The zero-order chi connectivity index (χ0) is 22.9. The van der Waals surface area contributed by atoms with E-state index in [0.717, 1.165) is 24.8 Å². The van der Waals surface area contributed by atoms with Gasteiger partial charge in [0, 0.05) is 26.0 Å². The molecular formula is C24H36N4O3. The molecule has 7 heteroatoms. The molecule has 0 aliphatic carbocycles. The highest BCUT2D eigenvalue weighted by Gasteiger charge is 2.36. The first-order valence-electron chi connectivity index (χ1n) is 10.9. The van der Waals surface area contributed by atoms with Crippen LogP contribution in [0.3, 0.4) is 0 Å². The number of rotatable bonds is 12. The lowest BCUT2D eigenvalue weighted by molar-refractivity contribution is -0.127. The van der Waals surface area contributed by atoms with Gasteiger partial charge in [0.1, 0.15) is 6.04 Å². The quantitative estimate of drug-likeness (QED) is 0.306. The maximum Gasteiger partial charge on any atom is 0.225 e. The minimum atomic E-state index is -0.671. The summed E-state index contributed by atoms with van der Waals surface area (Å²) in [5.41, 5.74) is 3.54. The second-order valence-corrected chi connectivity index (χ2v) is 9.00. The number of aryl methyl sites for hydroxylation is 1. The van der Waals surface area contributed by atoms with E-state index in [-0.39, 0.29) is 17.6 Å². The van der Waals surface area contributed by atoms with Crippen molar-refractivity contribution in [2.75, 3.05) is 6.54 Å². The SMILES string of the molecule is CCCCC(CNOCc1ccccc1)C(=O)NC(C(=O)c1nccn1C)C(C)(C)C. The summed E-state index contributed by atoms with van der Waals surface area (Å²) in [4.78, 5) is 36.0. The molecule has 0 saturated heterocycles. The Labute approximate surface area is 185 Å². The Balaban J connectivity index is 2.01. The molecule has 0 aliphatic rings. The first-order valence-corrected chi connectivity index (χ1v) is 10.9. The third kappa shape index (κ3) is 7.60. The molecule has 0 bridgehead atoms. The van der Waals surface area contributed by atoms with Crippen LogP contribution >= 0.6 is 0 Å². The Morgan fingerprint density at radius 1 is 1.19 bits per heavy atom. The first-order chi connectivity index (χ1) is 14.7. The lowest BCUT2D eigenvalue weighted by Gasteiger charge is -2.31. The molecule has 0 spiro atoms.